The van der Waals surface area contributed by atoms with E-state index in [1.165, 1.54) is 25.7 Å². The molecule has 128 valence electrons. The van der Waals surface area contributed by atoms with Gasteiger partial charge in [-0.2, -0.15) is 0 Å². The molecule has 0 bridgehead atoms. The molecule has 3 heteroatoms. The Hall–Kier alpha value is -1.77. The van der Waals surface area contributed by atoms with Crippen molar-refractivity contribution < 1.29 is 14.6 Å². The van der Waals surface area contributed by atoms with Gasteiger partial charge in [-0.05, 0) is 38.2 Å². The molecule has 0 aromatic heterocycles. The summed E-state index contributed by atoms with van der Waals surface area (Å²) >= 11 is 0. The predicted molar refractivity (Wildman–Crippen MR) is 95.2 cm³/mol. The molecule has 1 fully saturated rings. The van der Waals surface area contributed by atoms with Gasteiger partial charge in [0, 0.05) is 12.8 Å². The van der Waals surface area contributed by atoms with E-state index >= 15 is 0 Å². The summed E-state index contributed by atoms with van der Waals surface area (Å²) in [5.41, 5.74) is 0. The lowest BCUT2D eigenvalue weighted by molar-refractivity contribution is -0.137. The lowest BCUT2D eigenvalue weighted by atomic mass is 10.2. The SMILES string of the molecule is CCCCC/C=C\C/C=C\C=C1O[C@@H]1C/C=C\CCCC(=O)O. The highest BCUT2D eigenvalue weighted by molar-refractivity contribution is 5.66. The number of carboxylic acids is 1. The third-order valence-corrected chi connectivity index (χ3v) is 3.63. The molecule has 1 aliphatic heterocycles. The highest BCUT2D eigenvalue weighted by Gasteiger charge is 2.29. The minimum absolute atomic E-state index is 0.222. The summed E-state index contributed by atoms with van der Waals surface area (Å²) in [5.74, 6) is 0.320. The van der Waals surface area contributed by atoms with Crippen LogP contribution in [-0.4, -0.2) is 17.2 Å². The molecule has 1 aliphatic rings. The molecular formula is C20H30O3. The van der Waals surface area contributed by atoms with Crippen LogP contribution in [0.5, 0.6) is 0 Å². The molecule has 0 aromatic rings. The van der Waals surface area contributed by atoms with Crippen LogP contribution in [0.15, 0.2) is 48.3 Å². The Kier molecular flexibility index (Phi) is 10.7. The van der Waals surface area contributed by atoms with Crippen LogP contribution in [-0.2, 0) is 9.53 Å². The number of hydrogen-bond donors (Lipinski definition) is 1. The molecule has 0 saturated carbocycles. The number of rotatable bonds is 13. The van der Waals surface area contributed by atoms with Crippen molar-refractivity contribution in [2.45, 2.75) is 70.8 Å². The number of hydrogen-bond acceptors (Lipinski definition) is 2. The lowest BCUT2D eigenvalue weighted by Gasteiger charge is -1.90. The number of carbonyl (C=O) groups is 1. The van der Waals surface area contributed by atoms with Gasteiger partial charge in [0.1, 0.15) is 5.76 Å². The van der Waals surface area contributed by atoms with Gasteiger partial charge < -0.3 is 9.84 Å². The largest absolute Gasteiger partial charge is 0.483 e. The van der Waals surface area contributed by atoms with E-state index in [9.17, 15) is 4.79 Å². The van der Waals surface area contributed by atoms with Gasteiger partial charge in [0.25, 0.3) is 0 Å². The second-order valence-electron chi connectivity index (χ2n) is 5.80. The highest BCUT2D eigenvalue weighted by Crippen LogP contribution is 2.30. The van der Waals surface area contributed by atoms with E-state index in [-0.39, 0.29) is 12.5 Å². The normalized spacial score (nSPS) is 19.2. The van der Waals surface area contributed by atoms with E-state index in [0.717, 1.165) is 25.0 Å². The zero-order chi connectivity index (χ0) is 16.8. The Bertz CT molecular complexity index is 444. The van der Waals surface area contributed by atoms with E-state index < -0.39 is 5.97 Å². The molecule has 0 unspecified atom stereocenters. The van der Waals surface area contributed by atoms with Gasteiger partial charge in [-0.15, -0.1) is 0 Å². The minimum atomic E-state index is -0.725. The van der Waals surface area contributed by atoms with Crippen molar-refractivity contribution >= 4 is 5.97 Å². The fraction of sp³-hybridized carbons (Fsp3) is 0.550. The van der Waals surface area contributed by atoms with Crippen LogP contribution in [0.2, 0.25) is 0 Å². The molecule has 1 saturated heterocycles. The van der Waals surface area contributed by atoms with E-state index in [0.29, 0.717) is 6.42 Å². The van der Waals surface area contributed by atoms with Crippen LogP contribution >= 0.6 is 0 Å². The van der Waals surface area contributed by atoms with Gasteiger partial charge >= 0.3 is 5.97 Å². The maximum Gasteiger partial charge on any atom is 0.303 e. The van der Waals surface area contributed by atoms with Crippen molar-refractivity contribution in [3.05, 3.63) is 48.3 Å². The van der Waals surface area contributed by atoms with Gasteiger partial charge in [-0.3, -0.25) is 4.79 Å². The van der Waals surface area contributed by atoms with Crippen molar-refractivity contribution in [3.63, 3.8) is 0 Å². The Balaban J connectivity index is 2.01. The highest BCUT2D eigenvalue weighted by atomic mass is 16.6. The summed E-state index contributed by atoms with van der Waals surface area (Å²) in [7, 11) is 0. The summed E-state index contributed by atoms with van der Waals surface area (Å²) in [6.45, 7) is 2.22. The number of ether oxygens (including phenoxy) is 1. The van der Waals surface area contributed by atoms with Gasteiger partial charge in [0.05, 0.1) is 0 Å². The molecule has 1 heterocycles. The first kappa shape index (κ1) is 19.3. The zero-order valence-corrected chi connectivity index (χ0v) is 14.2. The molecule has 0 aliphatic carbocycles. The van der Waals surface area contributed by atoms with Crippen LogP contribution in [0.3, 0.4) is 0 Å². The van der Waals surface area contributed by atoms with Crippen molar-refractivity contribution in [1.82, 2.24) is 0 Å². The van der Waals surface area contributed by atoms with Crippen LogP contribution in [0, 0.1) is 0 Å². The number of allylic oxidation sites excluding steroid dienone is 6. The number of aliphatic carboxylic acids is 1. The van der Waals surface area contributed by atoms with E-state index in [2.05, 4.69) is 37.3 Å². The van der Waals surface area contributed by atoms with Gasteiger partial charge in [0.2, 0.25) is 0 Å². The third-order valence-electron chi connectivity index (χ3n) is 3.63. The van der Waals surface area contributed by atoms with Gasteiger partial charge in [0.15, 0.2) is 6.10 Å². The summed E-state index contributed by atoms with van der Waals surface area (Å²) in [6.07, 6.45) is 23.8. The Morgan fingerprint density at radius 1 is 1.09 bits per heavy atom. The van der Waals surface area contributed by atoms with Crippen LogP contribution in [0.1, 0.15) is 64.7 Å². The Morgan fingerprint density at radius 3 is 2.65 bits per heavy atom. The molecule has 3 nitrogen and oxygen atoms in total. The van der Waals surface area contributed by atoms with E-state index in [1.54, 1.807) is 0 Å². The molecule has 1 rings (SSSR count). The number of unbranched alkanes of at least 4 members (excludes halogenated alkanes) is 4. The van der Waals surface area contributed by atoms with Crippen molar-refractivity contribution in [2.75, 3.05) is 0 Å². The average molecular weight is 318 g/mol. The first-order valence-corrected chi connectivity index (χ1v) is 8.79. The second-order valence-corrected chi connectivity index (χ2v) is 5.80. The molecule has 0 aromatic carbocycles. The number of epoxide rings is 1. The monoisotopic (exact) mass is 318 g/mol. The Morgan fingerprint density at radius 2 is 1.87 bits per heavy atom. The number of carboxylic acid groups (broad SMARTS) is 1. The summed E-state index contributed by atoms with van der Waals surface area (Å²) in [4.78, 5) is 10.4. The standard InChI is InChI=1S/C20H30O3/c1-2-3-4-5-6-7-8-9-12-15-18-19(23-18)16-13-10-11-14-17-20(21)22/h6-7,9-10,12-13,15,19H,2-5,8,11,14,16-17H2,1H3,(H,21,22)/b7-6-,12-9-,13-10-,18-15?/t19-/m1/s1. The van der Waals surface area contributed by atoms with Crippen molar-refractivity contribution in [3.8, 4) is 0 Å². The Labute approximate surface area is 140 Å². The molecule has 0 radical (unpaired) electrons. The third kappa shape index (κ3) is 11.5. The molecule has 0 amide bonds. The van der Waals surface area contributed by atoms with E-state index in [4.69, 9.17) is 9.84 Å². The smallest absolute Gasteiger partial charge is 0.303 e. The molecule has 1 N–H and O–H groups in total. The lowest BCUT2D eigenvalue weighted by Crippen LogP contribution is -1.92. The quantitative estimate of drug-likeness (QED) is 0.275. The van der Waals surface area contributed by atoms with Crippen molar-refractivity contribution in [1.29, 1.82) is 0 Å². The predicted octanol–water partition coefficient (Wildman–Crippen LogP) is 5.55. The molecule has 0 spiro atoms. The van der Waals surface area contributed by atoms with Crippen molar-refractivity contribution in [2.24, 2.45) is 0 Å². The summed E-state index contributed by atoms with van der Waals surface area (Å²) < 4.78 is 5.48. The van der Waals surface area contributed by atoms with Gasteiger partial charge in [-0.25, -0.2) is 0 Å². The first-order chi connectivity index (χ1) is 11.2. The van der Waals surface area contributed by atoms with Crippen LogP contribution in [0.25, 0.3) is 0 Å². The second kappa shape index (κ2) is 12.7. The molecule has 23 heavy (non-hydrogen) atoms. The van der Waals surface area contributed by atoms with E-state index in [1.807, 2.05) is 12.2 Å². The fourth-order valence-corrected chi connectivity index (χ4v) is 2.20. The molecule has 1 atom stereocenters. The minimum Gasteiger partial charge on any atom is -0.483 e. The van der Waals surface area contributed by atoms with Gasteiger partial charge in [-0.1, -0.05) is 56.2 Å². The fourth-order valence-electron chi connectivity index (χ4n) is 2.20. The average Bonchev–Trinajstić information content (AvgIpc) is 3.27. The molecular weight excluding hydrogens is 288 g/mol. The topological polar surface area (TPSA) is 49.8 Å². The zero-order valence-electron chi connectivity index (χ0n) is 14.2. The maximum atomic E-state index is 10.4. The van der Waals surface area contributed by atoms with Crippen LogP contribution in [0.4, 0.5) is 0 Å². The summed E-state index contributed by atoms with van der Waals surface area (Å²) in [6, 6.07) is 0. The maximum absolute atomic E-state index is 10.4. The summed E-state index contributed by atoms with van der Waals surface area (Å²) in [5, 5.41) is 8.53. The first-order valence-electron chi connectivity index (χ1n) is 8.79. The van der Waals surface area contributed by atoms with Crippen LogP contribution < -0.4 is 0 Å².